The molecule has 0 aliphatic rings. The average molecular weight is 391 g/mol. The summed E-state index contributed by atoms with van der Waals surface area (Å²) in [5.41, 5.74) is 3.94. The highest BCUT2D eigenvalue weighted by Gasteiger charge is 2.07. The van der Waals surface area contributed by atoms with Crippen molar-refractivity contribution in [3.05, 3.63) is 69.9 Å². The molecule has 0 aliphatic carbocycles. The first-order chi connectivity index (χ1) is 11.5. The Labute approximate surface area is 147 Å². The molecule has 24 heavy (non-hydrogen) atoms. The van der Waals surface area contributed by atoms with E-state index >= 15 is 0 Å². The van der Waals surface area contributed by atoms with Gasteiger partial charge in [-0.15, -0.1) is 0 Å². The number of ketones is 1. The molecule has 2 aromatic rings. The van der Waals surface area contributed by atoms with Crippen LogP contribution in [0.4, 0.5) is 4.39 Å². The van der Waals surface area contributed by atoms with Crippen molar-refractivity contribution in [2.45, 2.75) is 19.3 Å². The monoisotopic (exact) mass is 390 g/mol. The van der Waals surface area contributed by atoms with Crippen LogP contribution in [0.15, 0.2) is 58.1 Å². The van der Waals surface area contributed by atoms with E-state index in [9.17, 15) is 14.0 Å². The number of amides is 1. The summed E-state index contributed by atoms with van der Waals surface area (Å²) in [6.45, 7) is 0. The fourth-order valence-electron chi connectivity index (χ4n) is 1.95. The first kappa shape index (κ1) is 18.0. The van der Waals surface area contributed by atoms with Crippen molar-refractivity contribution in [1.29, 1.82) is 0 Å². The van der Waals surface area contributed by atoms with Crippen LogP contribution in [0.25, 0.3) is 0 Å². The summed E-state index contributed by atoms with van der Waals surface area (Å²) in [6, 6.07) is 13.2. The lowest BCUT2D eigenvalue weighted by Gasteiger charge is -2.02. The Morgan fingerprint density at radius 2 is 1.71 bits per heavy atom. The normalized spacial score (nSPS) is 10.8. The Morgan fingerprint density at radius 3 is 2.38 bits per heavy atom. The standard InChI is InChI=1S/C18H16BrFN2O2/c19-15-5-1-13(2-6-15)11-17(23)9-10-18(24)22-21-12-14-3-7-16(20)8-4-14/h1-8,12H,9-11H2,(H,22,24)/b21-12+. The van der Waals surface area contributed by atoms with E-state index < -0.39 is 0 Å². The van der Waals surface area contributed by atoms with Crippen molar-refractivity contribution >= 4 is 33.8 Å². The van der Waals surface area contributed by atoms with E-state index in [0.717, 1.165) is 10.0 Å². The maximum Gasteiger partial charge on any atom is 0.240 e. The molecule has 0 unspecified atom stereocenters. The van der Waals surface area contributed by atoms with Crippen molar-refractivity contribution in [2.75, 3.05) is 0 Å². The number of nitrogens with one attached hydrogen (secondary N) is 1. The number of hydrazone groups is 1. The van der Waals surface area contributed by atoms with Gasteiger partial charge in [0.2, 0.25) is 5.91 Å². The highest BCUT2D eigenvalue weighted by atomic mass is 79.9. The van der Waals surface area contributed by atoms with E-state index in [1.807, 2.05) is 24.3 Å². The van der Waals surface area contributed by atoms with Crippen LogP contribution in [0.3, 0.4) is 0 Å². The smallest absolute Gasteiger partial charge is 0.240 e. The van der Waals surface area contributed by atoms with Crippen molar-refractivity contribution in [1.82, 2.24) is 5.43 Å². The van der Waals surface area contributed by atoms with Crippen LogP contribution in [-0.2, 0) is 16.0 Å². The van der Waals surface area contributed by atoms with Gasteiger partial charge in [-0.1, -0.05) is 40.2 Å². The summed E-state index contributed by atoms with van der Waals surface area (Å²) in [6.07, 6.45) is 1.96. The summed E-state index contributed by atoms with van der Waals surface area (Å²) in [7, 11) is 0. The molecule has 0 aliphatic heterocycles. The SMILES string of the molecule is O=C(CCC(=O)N/N=C/c1ccc(F)cc1)Cc1ccc(Br)cc1. The van der Waals surface area contributed by atoms with Gasteiger partial charge in [-0.05, 0) is 35.4 Å². The molecule has 124 valence electrons. The van der Waals surface area contributed by atoms with Crippen LogP contribution < -0.4 is 5.43 Å². The number of carbonyl (C=O) groups is 2. The fraction of sp³-hybridized carbons (Fsp3) is 0.167. The number of hydrogen-bond acceptors (Lipinski definition) is 3. The molecule has 0 saturated heterocycles. The summed E-state index contributed by atoms with van der Waals surface area (Å²) < 4.78 is 13.7. The molecule has 0 heterocycles. The Morgan fingerprint density at radius 1 is 1.04 bits per heavy atom. The maximum absolute atomic E-state index is 12.7. The second kappa shape index (κ2) is 9.08. The summed E-state index contributed by atoms with van der Waals surface area (Å²) in [4.78, 5) is 23.5. The zero-order chi connectivity index (χ0) is 17.4. The largest absolute Gasteiger partial charge is 0.299 e. The van der Waals surface area contributed by atoms with Crippen LogP contribution >= 0.6 is 15.9 Å². The minimum atomic E-state index is -0.336. The van der Waals surface area contributed by atoms with E-state index in [-0.39, 0.29) is 30.3 Å². The second-order valence-corrected chi connectivity index (χ2v) is 6.10. The predicted molar refractivity (Wildman–Crippen MR) is 94.2 cm³/mol. The lowest BCUT2D eigenvalue weighted by atomic mass is 10.1. The van der Waals surface area contributed by atoms with E-state index in [1.165, 1.54) is 18.3 Å². The minimum absolute atomic E-state index is 0.00464. The molecular formula is C18H16BrFN2O2. The van der Waals surface area contributed by atoms with Crippen LogP contribution in [0, 0.1) is 5.82 Å². The van der Waals surface area contributed by atoms with Crippen LogP contribution in [0.2, 0.25) is 0 Å². The van der Waals surface area contributed by atoms with E-state index in [1.54, 1.807) is 12.1 Å². The van der Waals surface area contributed by atoms with Crippen LogP contribution in [0.1, 0.15) is 24.0 Å². The number of rotatable bonds is 7. The summed E-state index contributed by atoms with van der Waals surface area (Å²) in [5, 5.41) is 3.78. The van der Waals surface area contributed by atoms with E-state index in [2.05, 4.69) is 26.5 Å². The number of benzene rings is 2. The molecule has 4 nitrogen and oxygen atoms in total. The highest BCUT2D eigenvalue weighted by Crippen LogP contribution is 2.11. The highest BCUT2D eigenvalue weighted by molar-refractivity contribution is 9.10. The lowest BCUT2D eigenvalue weighted by Crippen LogP contribution is -2.18. The molecule has 2 aromatic carbocycles. The molecule has 0 radical (unpaired) electrons. The predicted octanol–water partition coefficient (Wildman–Crippen LogP) is 3.63. The molecule has 6 heteroatoms. The first-order valence-corrected chi connectivity index (χ1v) is 8.16. The summed E-state index contributed by atoms with van der Waals surface area (Å²) >= 11 is 3.34. The Balaban J connectivity index is 1.71. The molecule has 0 spiro atoms. The molecule has 0 atom stereocenters. The van der Waals surface area contributed by atoms with E-state index in [0.29, 0.717) is 12.0 Å². The van der Waals surface area contributed by atoms with Crippen molar-refractivity contribution in [3.63, 3.8) is 0 Å². The van der Waals surface area contributed by atoms with Gasteiger partial charge in [-0.3, -0.25) is 9.59 Å². The maximum atomic E-state index is 12.7. The van der Waals surface area contributed by atoms with Crippen LogP contribution in [-0.4, -0.2) is 17.9 Å². The second-order valence-electron chi connectivity index (χ2n) is 5.19. The zero-order valence-electron chi connectivity index (χ0n) is 12.8. The molecular weight excluding hydrogens is 375 g/mol. The molecule has 2 rings (SSSR count). The first-order valence-electron chi connectivity index (χ1n) is 7.36. The van der Waals surface area contributed by atoms with Gasteiger partial charge in [-0.2, -0.15) is 5.10 Å². The molecule has 0 bridgehead atoms. The van der Waals surface area contributed by atoms with Gasteiger partial charge in [-0.25, -0.2) is 9.82 Å². The Hall–Kier alpha value is -2.34. The zero-order valence-corrected chi connectivity index (χ0v) is 14.4. The number of halogens is 2. The van der Waals surface area contributed by atoms with Gasteiger partial charge in [0.25, 0.3) is 0 Å². The third-order valence-corrected chi connectivity index (χ3v) is 3.75. The molecule has 0 saturated carbocycles. The topological polar surface area (TPSA) is 58.5 Å². The third-order valence-electron chi connectivity index (χ3n) is 3.22. The van der Waals surface area contributed by atoms with Crippen molar-refractivity contribution < 1.29 is 14.0 Å². The van der Waals surface area contributed by atoms with Gasteiger partial charge in [0, 0.05) is 23.7 Å². The Bertz CT molecular complexity index is 728. The third kappa shape index (κ3) is 6.42. The molecule has 1 N–H and O–H groups in total. The van der Waals surface area contributed by atoms with Gasteiger partial charge in [0.1, 0.15) is 11.6 Å². The van der Waals surface area contributed by atoms with Crippen molar-refractivity contribution in [2.24, 2.45) is 5.10 Å². The van der Waals surface area contributed by atoms with Gasteiger partial charge < -0.3 is 0 Å². The van der Waals surface area contributed by atoms with Gasteiger partial charge in [0.15, 0.2) is 0 Å². The minimum Gasteiger partial charge on any atom is -0.299 e. The fourth-order valence-corrected chi connectivity index (χ4v) is 2.22. The number of carbonyl (C=O) groups excluding carboxylic acids is 2. The molecule has 0 aromatic heterocycles. The lowest BCUT2D eigenvalue weighted by molar-refractivity contribution is -0.125. The average Bonchev–Trinajstić information content (AvgIpc) is 2.57. The van der Waals surface area contributed by atoms with Gasteiger partial charge in [0.05, 0.1) is 6.21 Å². The summed E-state index contributed by atoms with van der Waals surface area (Å²) in [5.74, 6) is -0.673. The molecule has 0 fully saturated rings. The van der Waals surface area contributed by atoms with Crippen molar-refractivity contribution in [3.8, 4) is 0 Å². The Kier molecular flexibility index (Phi) is 6.81. The number of Topliss-reactive ketones (excluding diaryl/α,β-unsaturated/α-hetero) is 1. The van der Waals surface area contributed by atoms with Gasteiger partial charge >= 0.3 is 0 Å². The number of hydrogen-bond donors (Lipinski definition) is 1. The quantitative estimate of drug-likeness (QED) is 0.579. The van der Waals surface area contributed by atoms with Crippen LogP contribution in [0.5, 0.6) is 0 Å². The number of nitrogens with zero attached hydrogens (tertiary/aromatic N) is 1. The van der Waals surface area contributed by atoms with E-state index in [4.69, 9.17) is 0 Å². The molecule has 1 amide bonds.